The molecule has 2 aromatic rings. The highest BCUT2D eigenvalue weighted by molar-refractivity contribution is 9.10. The predicted molar refractivity (Wildman–Crippen MR) is 81.0 cm³/mol. The van der Waals surface area contributed by atoms with Crippen molar-refractivity contribution in [3.8, 4) is 17.2 Å². The molecule has 0 spiro atoms. The van der Waals surface area contributed by atoms with Gasteiger partial charge in [0.1, 0.15) is 17.2 Å². The number of nitrogen functional groups attached to an aromatic ring is 1. The smallest absolute Gasteiger partial charge is 0.145 e. The molecule has 4 heteroatoms. The largest absolute Gasteiger partial charge is 0.492 e. The number of hydrogen-bond donors (Lipinski definition) is 1. The van der Waals surface area contributed by atoms with Crippen molar-refractivity contribution in [1.82, 2.24) is 0 Å². The third-order valence-electron chi connectivity index (χ3n) is 2.65. The molecule has 0 atom stereocenters. The lowest BCUT2D eigenvalue weighted by Gasteiger charge is -2.11. The molecule has 0 aliphatic carbocycles. The van der Waals surface area contributed by atoms with Crippen molar-refractivity contribution in [3.63, 3.8) is 0 Å². The first kappa shape index (κ1) is 13.7. The summed E-state index contributed by atoms with van der Waals surface area (Å²) in [7, 11) is 0. The third kappa shape index (κ3) is 3.41. The first-order valence-corrected chi connectivity index (χ1v) is 6.85. The average Bonchev–Trinajstić information content (AvgIpc) is 2.38. The maximum atomic E-state index is 5.83. The Morgan fingerprint density at radius 2 is 1.79 bits per heavy atom. The number of anilines is 1. The molecule has 0 saturated carbocycles. The van der Waals surface area contributed by atoms with Crippen LogP contribution in [0.15, 0.2) is 40.9 Å². The molecule has 2 N–H and O–H groups in total. The SMILES string of the molecule is CCOc1cc(Oc2ccc(Br)c(C)c2)ccc1N. The van der Waals surface area contributed by atoms with E-state index in [-0.39, 0.29) is 0 Å². The van der Waals surface area contributed by atoms with Gasteiger partial charge in [-0.2, -0.15) is 0 Å². The average molecular weight is 322 g/mol. The van der Waals surface area contributed by atoms with Crippen molar-refractivity contribution < 1.29 is 9.47 Å². The van der Waals surface area contributed by atoms with Crippen LogP contribution in [0.25, 0.3) is 0 Å². The van der Waals surface area contributed by atoms with Crippen LogP contribution in [0.2, 0.25) is 0 Å². The van der Waals surface area contributed by atoms with Crippen LogP contribution < -0.4 is 15.2 Å². The molecular weight excluding hydrogens is 306 g/mol. The van der Waals surface area contributed by atoms with Gasteiger partial charge in [-0.05, 0) is 49.7 Å². The molecular formula is C15H16BrNO2. The number of aryl methyl sites for hydroxylation is 1. The number of nitrogens with two attached hydrogens (primary N) is 1. The Balaban J connectivity index is 2.22. The summed E-state index contributed by atoms with van der Waals surface area (Å²) in [6.07, 6.45) is 0. The number of halogens is 1. The van der Waals surface area contributed by atoms with Gasteiger partial charge in [0.05, 0.1) is 12.3 Å². The lowest BCUT2D eigenvalue weighted by atomic mass is 10.2. The van der Waals surface area contributed by atoms with Crippen LogP contribution in [0.5, 0.6) is 17.2 Å². The Kier molecular flexibility index (Phi) is 4.32. The van der Waals surface area contributed by atoms with E-state index < -0.39 is 0 Å². The summed E-state index contributed by atoms with van der Waals surface area (Å²) >= 11 is 3.46. The van der Waals surface area contributed by atoms with E-state index in [1.807, 2.05) is 38.1 Å². The van der Waals surface area contributed by atoms with Crippen molar-refractivity contribution >= 4 is 21.6 Å². The second-order valence-corrected chi connectivity index (χ2v) is 5.00. The summed E-state index contributed by atoms with van der Waals surface area (Å²) in [5.41, 5.74) is 7.56. The Labute approximate surface area is 121 Å². The Hall–Kier alpha value is -1.68. The topological polar surface area (TPSA) is 44.5 Å². The minimum Gasteiger partial charge on any atom is -0.492 e. The van der Waals surface area contributed by atoms with Gasteiger partial charge in [-0.3, -0.25) is 0 Å². The zero-order chi connectivity index (χ0) is 13.8. The molecule has 0 saturated heterocycles. The van der Waals surface area contributed by atoms with E-state index in [2.05, 4.69) is 15.9 Å². The van der Waals surface area contributed by atoms with E-state index in [1.165, 1.54) is 0 Å². The number of rotatable bonds is 4. The maximum absolute atomic E-state index is 5.83. The van der Waals surface area contributed by atoms with E-state index >= 15 is 0 Å². The Morgan fingerprint density at radius 1 is 1.11 bits per heavy atom. The van der Waals surface area contributed by atoms with Crippen LogP contribution in [0.4, 0.5) is 5.69 Å². The molecule has 0 radical (unpaired) electrons. The first-order valence-electron chi connectivity index (χ1n) is 6.06. The van der Waals surface area contributed by atoms with Crippen LogP contribution >= 0.6 is 15.9 Å². The van der Waals surface area contributed by atoms with Gasteiger partial charge in [-0.1, -0.05) is 15.9 Å². The summed E-state index contributed by atoms with van der Waals surface area (Å²) in [6, 6.07) is 11.3. The van der Waals surface area contributed by atoms with Crippen LogP contribution in [0.1, 0.15) is 12.5 Å². The van der Waals surface area contributed by atoms with Gasteiger partial charge in [0.2, 0.25) is 0 Å². The van der Waals surface area contributed by atoms with Crippen molar-refractivity contribution in [1.29, 1.82) is 0 Å². The highest BCUT2D eigenvalue weighted by atomic mass is 79.9. The molecule has 0 unspecified atom stereocenters. The molecule has 0 aliphatic heterocycles. The van der Waals surface area contributed by atoms with Gasteiger partial charge in [-0.25, -0.2) is 0 Å². The highest BCUT2D eigenvalue weighted by Gasteiger charge is 2.05. The van der Waals surface area contributed by atoms with Gasteiger partial charge in [0.25, 0.3) is 0 Å². The minimum absolute atomic E-state index is 0.574. The fraction of sp³-hybridized carbons (Fsp3) is 0.200. The van der Waals surface area contributed by atoms with Crippen molar-refractivity contribution in [3.05, 3.63) is 46.4 Å². The third-order valence-corrected chi connectivity index (χ3v) is 3.54. The summed E-state index contributed by atoms with van der Waals surface area (Å²) in [5.74, 6) is 2.14. The Bertz CT molecular complexity index is 584. The van der Waals surface area contributed by atoms with Crippen LogP contribution in [-0.2, 0) is 0 Å². The normalized spacial score (nSPS) is 10.3. The van der Waals surface area contributed by atoms with E-state index in [9.17, 15) is 0 Å². The van der Waals surface area contributed by atoms with E-state index in [0.29, 0.717) is 23.8 Å². The van der Waals surface area contributed by atoms with Gasteiger partial charge in [0, 0.05) is 10.5 Å². The summed E-state index contributed by atoms with van der Waals surface area (Å²) < 4.78 is 12.3. The van der Waals surface area contributed by atoms with Gasteiger partial charge in [0.15, 0.2) is 0 Å². The van der Waals surface area contributed by atoms with Crippen molar-refractivity contribution in [2.75, 3.05) is 12.3 Å². The first-order chi connectivity index (χ1) is 9.10. The standard InChI is InChI=1S/C15H16BrNO2/c1-3-18-15-9-12(5-7-14(15)17)19-11-4-6-13(16)10(2)8-11/h4-9H,3,17H2,1-2H3. The maximum Gasteiger partial charge on any atom is 0.145 e. The molecule has 0 heterocycles. The molecule has 2 aromatic carbocycles. The molecule has 2 rings (SSSR count). The van der Waals surface area contributed by atoms with E-state index in [1.54, 1.807) is 12.1 Å². The van der Waals surface area contributed by atoms with Gasteiger partial charge >= 0.3 is 0 Å². The molecule has 19 heavy (non-hydrogen) atoms. The molecule has 0 aromatic heterocycles. The zero-order valence-electron chi connectivity index (χ0n) is 10.9. The molecule has 0 amide bonds. The number of benzene rings is 2. The van der Waals surface area contributed by atoms with Gasteiger partial charge in [-0.15, -0.1) is 0 Å². The fourth-order valence-corrected chi connectivity index (χ4v) is 1.92. The molecule has 0 aliphatic rings. The molecule has 3 nitrogen and oxygen atoms in total. The van der Waals surface area contributed by atoms with E-state index in [4.69, 9.17) is 15.2 Å². The van der Waals surface area contributed by atoms with Gasteiger partial charge < -0.3 is 15.2 Å². The second kappa shape index (κ2) is 5.97. The summed E-state index contributed by atoms with van der Waals surface area (Å²) in [6.45, 7) is 4.52. The quantitative estimate of drug-likeness (QED) is 0.841. The van der Waals surface area contributed by atoms with Crippen molar-refractivity contribution in [2.24, 2.45) is 0 Å². The monoisotopic (exact) mass is 321 g/mol. The molecule has 0 fully saturated rings. The van der Waals surface area contributed by atoms with Crippen molar-refractivity contribution in [2.45, 2.75) is 13.8 Å². The minimum atomic E-state index is 0.574. The van der Waals surface area contributed by atoms with Crippen LogP contribution in [-0.4, -0.2) is 6.61 Å². The molecule has 100 valence electrons. The summed E-state index contributed by atoms with van der Waals surface area (Å²) in [4.78, 5) is 0. The van der Waals surface area contributed by atoms with E-state index in [0.717, 1.165) is 15.8 Å². The Morgan fingerprint density at radius 3 is 2.47 bits per heavy atom. The second-order valence-electron chi connectivity index (χ2n) is 4.15. The number of ether oxygens (including phenoxy) is 2. The highest BCUT2D eigenvalue weighted by Crippen LogP contribution is 2.31. The fourth-order valence-electron chi connectivity index (χ4n) is 1.68. The lowest BCUT2D eigenvalue weighted by molar-refractivity contribution is 0.340. The summed E-state index contributed by atoms with van der Waals surface area (Å²) in [5, 5.41) is 0. The zero-order valence-corrected chi connectivity index (χ0v) is 12.5. The lowest BCUT2D eigenvalue weighted by Crippen LogP contribution is -1.97. The van der Waals surface area contributed by atoms with Crippen LogP contribution in [0, 0.1) is 6.92 Å². The predicted octanol–water partition coefficient (Wildman–Crippen LogP) is 4.53. The van der Waals surface area contributed by atoms with Crippen LogP contribution in [0.3, 0.4) is 0 Å². The molecule has 0 bridgehead atoms. The number of hydrogen-bond acceptors (Lipinski definition) is 3.